The van der Waals surface area contributed by atoms with Crippen LogP contribution in [0.4, 0.5) is 0 Å². The van der Waals surface area contributed by atoms with Crippen molar-refractivity contribution in [2.75, 3.05) is 26.7 Å². The number of hydrogen-bond acceptors (Lipinski definition) is 3. The number of carbonyl (C=O) groups excluding carboxylic acids is 1. The summed E-state index contributed by atoms with van der Waals surface area (Å²) in [6.45, 7) is 8.03. The van der Waals surface area contributed by atoms with Crippen molar-refractivity contribution in [2.24, 2.45) is 23.7 Å². The lowest BCUT2D eigenvalue weighted by Gasteiger charge is -2.50. The molecule has 1 unspecified atom stereocenters. The Morgan fingerprint density at radius 1 is 1.12 bits per heavy atom. The zero-order valence-electron chi connectivity index (χ0n) is 16.5. The van der Waals surface area contributed by atoms with Gasteiger partial charge in [-0.25, -0.2) is 0 Å². The number of carbonyl (C=O) groups is 1. The molecule has 0 aromatic carbocycles. The number of likely N-dealkylation sites (tertiary alicyclic amines) is 1. The first-order chi connectivity index (χ1) is 11.9. The maximum Gasteiger partial charge on any atom is 0.315 e. The van der Waals surface area contributed by atoms with Crippen LogP contribution in [0.25, 0.3) is 0 Å². The third kappa shape index (κ3) is 2.62. The summed E-state index contributed by atoms with van der Waals surface area (Å²) in [6.07, 6.45) is 8.81. The Balaban J connectivity index is 0.00000168. The molecular formula is C21H34INO3. The summed E-state index contributed by atoms with van der Waals surface area (Å²) in [5.41, 5.74) is -0.327. The zero-order chi connectivity index (χ0) is 17.4. The van der Waals surface area contributed by atoms with E-state index in [2.05, 4.69) is 20.9 Å². The molecule has 0 N–H and O–H groups in total. The number of quaternary nitrogens is 1. The van der Waals surface area contributed by atoms with Gasteiger partial charge in [-0.2, -0.15) is 0 Å². The van der Waals surface area contributed by atoms with Crippen molar-refractivity contribution in [1.29, 1.82) is 0 Å². The highest BCUT2D eigenvalue weighted by atomic mass is 127. The number of halogens is 1. The molecule has 2 saturated carbocycles. The molecular weight excluding hydrogens is 441 g/mol. The number of epoxide rings is 1. The molecule has 0 aromatic rings. The van der Waals surface area contributed by atoms with E-state index in [1.54, 1.807) is 0 Å². The molecule has 0 aromatic heterocycles. The van der Waals surface area contributed by atoms with Gasteiger partial charge in [0.2, 0.25) is 0 Å². The highest BCUT2D eigenvalue weighted by Gasteiger charge is 2.77. The predicted octanol–water partition coefficient (Wildman–Crippen LogP) is 0.146. The van der Waals surface area contributed by atoms with Crippen molar-refractivity contribution >= 4 is 5.97 Å². The minimum Gasteiger partial charge on any atom is -1.00 e. The minimum absolute atomic E-state index is 0. The molecule has 3 aliphatic heterocycles. The Bertz CT molecular complexity index is 592. The minimum atomic E-state index is -0.304. The first kappa shape index (κ1) is 19.4. The summed E-state index contributed by atoms with van der Waals surface area (Å²) in [5.74, 6) is 1.72. The van der Waals surface area contributed by atoms with Crippen molar-refractivity contribution < 1.29 is 42.7 Å². The summed E-state index contributed by atoms with van der Waals surface area (Å²) >= 11 is 0. The maximum absolute atomic E-state index is 13.1. The molecule has 1 spiro atoms. The summed E-state index contributed by atoms with van der Waals surface area (Å²) in [6, 6.07) is 0. The van der Waals surface area contributed by atoms with Gasteiger partial charge >= 0.3 is 5.97 Å². The Morgan fingerprint density at radius 2 is 1.85 bits per heavy atom. The summed E-state index contributed by atoms with van der Waals surface area (Å²) in [7, 11) is 2.36. The first-order valence-corrected chi connectivity index (χ1v) is 10.6. The molecule has 4 nitrogen and oxygen atoms in total. The number of hydrogen-bond donors (Lipinski definition) is 0. The lowest BCUT2D eigenvalue weighted by molar-refractivity contribution is -0.916. The smallest absolute Gasteiger partial charge is 0.315 e. The Hall–Kier alpha value is 0.120. The van der Waals surface area contributed by atoms with E-state index in [9.17, 15) is 4.79 Å². The van der Waals surface area contributed by atoms with Gasteiger partial charge in [-0.15, -0.1) is 0 Å². The number of piperidine rings is 1. The van der Waals surface area contributed by atoms with Crippen molar-refractivity contribution in [3.63, 3.8) is 0 Å². The molecule has 5 aliphatic rings. The van der Waals surface area contributed by atoms with Crippen molar-refractivity contribution in [3.05, 3.63) is 0 Å². The van der Waals surface area contributed by atoms with E-state index in [1.165, 1.54) is 38.8 Å². The Kier molecular flexibility index (Phi) is 4.72. The van der Waals surface area contributed by atoms with Crippen LogP contribution < -0.4 is 24.0 Å². The van der Waals surface area contributed by atoms with Gasteiger partial charge in [-0.05, 0) is 57.8 Å². The van der Waals surface area contributed by atoms with Gasteiger partial charge in [0, 0.05) is 11.8 Å². The fourth-order valence-corrected chi connectivity index (χ4v) is 7.19. The van der Waals surface area contributed by atoms with Crippen LogP contribution in [0.5, 0.6) is 0 Å². The van der Waals surface area contributed by atoms with Gasteiger partial charge in [0.25, 0.3) is 0 Å². The van der Waals surface area contributed by atoms with E-state index < -0.39 is 0 Å². The molecule has 5 heteroatoms. The predicted molar refractivity (Wildman–Crippen MR) is 94.8 cm³/mol. The molecule has 3 saturated heterocycles. The van der Waals surface area contributed by atoms with Gasteiger partial charge in [-0.3, -0.25) is 4.79 Å². The third-order valence-electron chi connectivity index (χ3n) is 8.62. The molecule has 0 amide bonds. The van der Waals surface area contributed by atoms with Crippen LogP contribution in [-0.4, -0.2) is 54.4 Å². The van der Waals surface area contributed by atoms with Gasteiger partial charge in [0.15, 0.2) is 0 Å². The Morgan fingerprint density at radius 3 is 2.58 bits per heavy atom. The average Bonchev–Trinajstić information content (AvgIpc) is 3.20. The summed E-state index contributed by atoms with van der Waals surface area (Å²) < 4.78 is 13.7. The normalized spacial score (nSPS) is 51.3. The number of nitrogens with zero attached hydrogens (tertiary/aromatic N) is 1. The van der Waals surface area contributed by atoms with Crippen molar-refractivity contribution in [1.82, 2.24) is 0 Å². The van der Waals surface area contributed by atoms with Crippen molar-refractivity contribution in [3.8, 4) is 0 Å². The summed E-state index contributed by atoms with van der Waals surface area (Å²) in [4.78, 5) is 13.1. The SMILES string of the molecule is C[C@@H]1CC[C@H]2C(C[N+]3(C)CCCCC3)C(=O)O[C@]23[C@H]1CC[C@@]1(C)O[C@@H]31.[I-]. The number of esters is 1. The third-order valence-corrected chi connectivity index (χ3v) is 8.62. The molecule has 148 valence electrons. The van der Waals surface area contributed by atoms with Crippen LogP contribution in [0.2, 0.25) is 0 Å². The second-order valence-corrected chi connectivity index (χ2v) is 10.3. The van der Waals surface area contributed by atoms with E-state index in [0.29, 0.717) is 17.8 Å². The maximum atomic E-state index is 13.1. The molecule has 3 heterocycles. The largest absolute Gasteiger partial charge is 1.00 e. The topological polar surface area (TPSA) is 38.8 Å². The molecule has 0 bridgehead atoms. The second-order valence-electron chi connectivity index (χ2n) is 10.3. The van der Waals surface area contributed by atoms with Gasteiger partial charge in [-0.1, -0.05) is 6.92 Å². The van der Waals surface area contributed by atoms with Crippen LogP contribution >= 0.6 is 0 Å². The number of fused-ring (bicyclic) bond motifs is 1. The van der Waals surface area contributed by atoms with Gasteiger partial charge in [0.05, 0.1) is 32.3 Å². The summed E-state index contributed by atoms with van der Waals surface area (Å²) in [5, 5.41) is 0. The lowest BCUT2D eigenvalue weighted by atomic mass is 9.55. The quantitative estimate of drug-likeness (QED) is 0.247. The second kappa shape index (κ2) is 6.31. The number of rotatable bonds is 2. The van der Waals surface area contributed by atoms with Gasteiger partial charge < -0.3 is 37.9 Å². The zero-order valence-corrected chi connectivity index (χ0v) is 18.7. The lowest BCUT2D eigenvalue weighted by Crippen LogP contribution is -3.00. The highest BCUT2D eigenvalue weighted by molar-refractivity contribution is 5.77. The molecule has 0 radical (unpaired) electrons. The van der Waals surface area contributed by atoms with E-state index in [4.69, 9.17) is 9.47 Å². The van der Waals surface area contributed by atoms with E-state index in [1.807, 2.05) is 0 Å². The molecule has 26 heavy (non-hydrogen) atoms. The van der Waals surface area contributed by atoms with Crippen LogP contribution in [0.15, 0.2) is 0 Å². The standard InChI is InChI=1S/C21H34NO3.HI/c1-14-7-8-17-15(13-22(3)11-5-4-6-12-22)18(23)24-21(17)16(14)9-10-20(2)19(21)25-20;/h14-17,19H,4-13H2,1-3H3;1H/q+1;/p-1/t14-,15?,16+,17+,19-,20-,21-;/m1./s1. The first-order valence-electron chi connectivity index (χ1n) is 10.6. The fourth-order valence-electron chi connectivity index (χ4n) is 7.19. The molecule has 2 aliphatic carbocycles. The fraction of sp³-hybridized carbons (Fsp3) is 0.952. The average molecular weight is 475 g/mol. The molecule has 7 atom stereocenters. The van der Waals surface area contributed by atoms with Crippen LogP contribution in [-0.2, 0) is 14.3 Å². The van der Waals surface area contributed by atoms with E-state index >= 15 is 0 Å². The van der Waals surface area contributed by atoms with Crippen LogP contribution in [0.1, 0.15) is 58.8 Å². The van der Waals surface area contributed by atoms with E-state index in [0.717, 1.165) is 30.3 Å². The van der Waals surface area contributed by atoms with Crippen LogP contribution in [0.3, 0.4) is 0 Å². The monoisotopic (exact) mass is 475 g/mol. The molecule has 5 rings (SSSR count). The number of ether oxygens (including phenoxy) is 2. The van der Waals surface area contributed by atoms with Gasteiger partial charge in [0.1, 0.15) is 17.6 Å². The van der Waals surface area contributed by atoms with Crippen molar-refractivity contribution in [2.45, 2.75) is 76.1 Å². The molecule has 5 fully saturated rings. The Labute approximate surface area is 175 Å². The highest BCUT2D eigenvalue weighted by Crippen LogP contribution is 2.66. The van der Waals surface area contributed by atoms with E-state index in [-0.39, 0.29) is 53.2 Å². The van der Waals surface area contributed by atoms with Crippen LogP contribution in [0, 0.1) is 23.7 Å².